The SMILES string of the molecule is COc1ccc(CC(O)Cc2csc(C)n2)cn1. The third kappa shape index (κ3) is 3.51. The molecule has 18 heavy (non-hydrogen) atoms. The van der Waals surface area contributed by atoms with Crippen LogP contribution in [0.3, 0.4) is 0 Å². The van der Waals surface area contributed by atoms with Crippen molar-refractivity contribution in [3.05, 3.63) is 40.0 Å². The van der Waals surface area contributed by atoms with E-state index in [0.29, 0.717) is 18.7 Å². The van der Waals surface area contributed by atoms with Crippen LogP contribution in [0.5, 0.6) is 5.88 Å². The number of thiazole rings is 1. The first-order valence-electron chi connectivity index (χ1n) is 5.75. The molecule has 5 heteroatoms. The normalized spacial score (nSPS) is 12.4. The third-order valence-electron chi connectivity index (χ3n) is 2.59. The van der Waals surface area contributed by atoms with Crippen LogP contribution in [-0.2, 0) is 12.8 Å². The lowest BCUT2D eigenvalue weighted by molar-refractivity contribution is 0.174. The summed E-state index contributed by atoms with van der Waals surface area (Å²) in [6.07, 6.45) is 2.46. The standard InChI is InChI=1S/C13H16N2O2S/c1-9-15-11(8-18-9)6-12(16)5-10-3-4-13(17-2)14-7-10/h3-4,7-8,12,16H,5-6H2,1-2H3. The summed E-state index contributed by atoms with van der Waals surface area (Å²) < 4.78 is 4.99. The van der Waals surface area contributed by atoms with E-state index >= 15 is 0 Å². The van der Waals surface area contributed by atoms with Gasteiger partial charge in [-0.3, -0.25) is 0 Å². The summed E-state index contributed by atoms with van der Waals surface area (Å²) in [6, 6.07) is 3.72. The van der Waals surface area contributed by atoms with E-state index in [1.54, 1.807) is 30.7 Å². The number of aliphatic hydroxyl groups excluding tert-OH is 1. The van der Waals surface area contributed by atoms with Gasteiger partial charge in [-0.25, -0.2) is 9.97 Å². The number of aromatic nitrogens is 2. The molecule has 0 radical (unpaired) electrons. The minimum atomic E-state index is -0.429. The first-order valence-corrected chi connectivity index (χ1v) is 6.63. The molecule has 0 saturated heterocycles. The van der Waals surface area contributed by atoms with Crippen molar-refractivity contribution in [1.82, 2.24) is 9.97 Å². The van der Waals surface area contributed by atoms with Crippen molar-refractivity contribution in [2.75, 3.05) is 7.11 Å². The minimum Gasteiger partial charge on any atom is -0.481 e. The molecule has 4 nitrogen and oxygen atoms in total. The quantitative estimate of drug-likeness (QED) is 0.897. The molecule has 0 amide bonds. The number of aryl methyl sites for hydroxylation is 1. The predicted molar refractivity (Wildman–Crippen MR) is 71.1 cm³/mol. The maximum Gasteiger partial charge on any atom is 0.212 e. The maximum atomic E-state index is 10.00. The summed E-state index contributed by atoms with van der Waals surface area (Å²) in [6.45, 7) is 1.97. The van der Waals surface area contributed by atoms with Gasteiger partial charge in [0.2, 0.25) is 5.88 Å². The van der Waals surface area contributed by atoms with Crippen LogP contribution in [0, 0.1) is 6.92 Å². The number of rotatable bonds is 5. The number of aliphatic hydroxyl groups is 1. The molecule has 1 unspecified atom stereocenters. The summed E-state index contributed by atoms with van der Waals surface area (Å²) in [4.78, 5) is 8.46. The lowest BCUT2D eigenvalue weighted by Crippen LogP contribution is -2.14. The number of ether oxygens (including phenoxy) is 1. The smallest absolute Gasteiger partial charge is 0.212 e. The van der Waals surface area contributed by atoms with Crippen LogP contribution in [0.2, 0.25) is 0 Å². The van der Waals surface area contributed by atoms with E-state index in [9.17, 15) is 5.11 Å². The maximum absolute atomic E-state index is 10.00. The van der Waals surface area contributed by atoms with Crippen LogP contribution >= 0.6 is 11.3 Å². The van der Waals surface area contributed by atoms with Gasteiger partial charge in [-0.1, -0.05) is 6.07 Å². The van der Waals surface area contributed by atoms with E-state index in [-0.39, 0.29) is 0 Å². The average molecular weight is 264 g/mol. The highest BCUT2D eigenvalue weighted by Gasteiger charge is 2.09. The van der Waals surface area contributed by atoms with Crippen LogP contribution in [0.1, 0.15) is 16.3 Å². The molecule has 2 heterocycles. The second kappa shape index (κ2) is 5.93. The van der Waals surface area contributed by atoms with Crippen molar-refractivity contribution in [1.29, 1.82) is 0 Å². The highest BCUT2D eigenvalue weighted by molar-refractivity contribution is 7.09. The Labute approximate surface area is 110 Å². The summed E-state index contributed by atoms with van der Waals surface area (Å²) in [5, 5.41) is 13.0. The zero-order chi connectivity index (χ0) is 13.0. The predicted octanol–water partition coefficient (Wildman–Crippen LogP) is 2.00. The minimum absolute atomic E-state index is 0.429. The van der Waals surface area contributed by atoms with Gasteiger partial charge in [0.1, 0.15) is 0 Å². The second-order valence-corrected chi connectivity index (χ2v) is 5.19. The second-order valence-electron chi connectivity index (χ2n) is 4.13. The molecule has 0 spiro atoms. The van der Waals surface area contributed by atoms with Gasteiger partial charge in [0.15, 0.2) is 0 Å². The molecule has 0 aromatic carbocycles. The molecule has 0 bridgehead atoms. The number of hydrogen-bond donors (Lipinski definition) is 1. The van der Waals surface area contributed by atoms with Crippen LogP contribution in [0.25, 0.3) is 0 Å². The highest BCUT2D eigenvalue weighted by atomic mass is 32.1. The monoisotopic (exact) mass is 264 g/mol. The van der Waals surface area contributed by atoms with Crippen molar-refractivity contribution in [3.8, 4) is 5.88 Å². The van der Waals surface area contributed by atoms with Gasteiger partial charge < -0.3 is 9.84 Å². The number of nitrogens with zero attached hydrogens (tertiary/aromatic N) is 2. The molecule has 0 fully saturated rings. The largest absolute Gasteiger partial charge is 0.481 e. The molecule has 1 N–H and O–H groups in total. The van der Waals surface area contributed by atoms with Gasteiger partial charge in [0.05, 0.1) is 23.9 Å². The average Bonchev–Trinajstić information content (AvgIpc) is 2.75. The topological polar surface area (TPSA) is 55.2 Å². The van der Waals surface area contributed by atoms with E-state index in [4.69, 9.17) is 4.74 Å². The number of pyridine rings is 1. The van der Waals surface area contributed by atoms with E-state index < -0.39 is 6.10 Å². The molecule has 2 aromatic rings. The number of hydrogen-bond acceptors (Lipinski definition) is 5. The summed E-state index contributed by atoms with van der Waals surface area (Å²) >= 11 is 1.61. The molecule has 0 aliphatic rings. The van der Waals surface area contributed by atoms with Crippen molar-refractivity contribution < 1.29 is 9.84 Å². The Morgan fingerprint density at radius 1 is 1.39 bits per heavy atom. The lowest BCUT2D eigenvalue weighted by Gasteiger charge is -2.09. The van der Waals surface area contributed by atoms with E-state index in [0.717, 1.165) is 16.3 Å². The van der Waals surface area contributed by atoms with Gasteiger partial charge in [0.25, 0.3) is 0 Å². The molecule has 2 aromatic heterocycles. The molecule has 1 atom stereocenters. The fourth-order valence-electron chi connectivity index (χ4n) is 1.74. The van der Waals surface area contributed by atoms with Crippen molar-refractivity contribution in [2.45, 2.75) is 25.9 Å². The summed E-state index contributed by atoms with van der Waals surface area (Å²) in [5.41, 5.74) is 1.95. The lowest BCUT2D eigenvalue weighted by atomic mass is 10.1. The van der Waals surface area contributed by atoms with Gasteiger partial charge in [0, 0.05) is 30.5 Å². The van der Waals surface area contributed by atoms with Gasteiger partial charge in [-0.15, -0.1) is 11.3 Å². The van der Waals surface area contributed by atoms with Crippen LogP contribution in [-0.4, -0.2) is 28.3 Å². The van der Waals surface area contributed by atoms with Crippen LogP contribution < -0.4 is 4.74 Å². The molecule has 0 aliphatic carbocycles. The van der Waals surface area contributed by atoms with E-state index in [2.05, 4.69) is 9.97 Å². The molecular formula is C13H16N2O2S. The Morgan fingerprint density at radius 2 is 2.22 bits per heavy atom. The molecular weight excluding hydrogens is 248 g/mol. The van der Waals surface area contributed by atoms with Crippen molar-refractivity contribution in [2.24, 2.45) is 0 Å². The first-order chi connectivity index (χ1) is 8.67. The Balaban J connectivity index is 1.91. The van der Waals surface area contributed by atoms with Gasteiger partial charge in [-0.2, -0.15) is 0 Å². The Bertz CT molecular complexity index is 496. The van der Waals surface area contributed by atoms with Crippen LogP contribution in [0.15, 0.2) is 23.7 Å². The zero-order valence-electron chi connectivity index (χ0n) is 10.5. The fourth-order valence-corrected chi connectivity index (χ4v) is 2.37. The third-order valence-corrected chi connectivity index (χ3v) is 3.41. The Kier molecular flexibility index (Phi) is 4.28. The first kappa shape index (κ1) is 13.0. The van der Waals surface area contributed by atoms with Crippen molar-refractivity contribution in [3.63, 3.8) is 0 Å². The van der Waals surface area contributed by atoms with Crippen molar-refractivity contribution >= 4 is 11.3 Å². The Hall–Kier alpha value is -1.46. The number of methoxy groups -OCH3 is 1. The molecule has 96 valence electrons. The van der Waals surface area contributed by atoms with Crippen LogP contribution in [0.4, 0.5) is 0 Å². The summed E-state index contributed by atoms with van der Waals surface area (Å²) in [5.74, 6) is 0.586. The molecule has 0 saturated carbocycles. The van der Waals surface area contributed by atoms with E-state index in [1.165, 1.54) is 0 Å². The van der Waals surface area contributed by atoms with Gasteiger partial charge >= 0.3 is 0 Å². The zero-order valence-corrected chi connectivity index (χ0v) is 11.3. The van der Waals surface area contributed by atoms with Gasteiger partial charge in [-0.05, 0) is 12.5 Å². The molecule has 0 aliphatic heterocycles. The van der Waals surface area contributed by atoms with E-state index in [1.807, 2.05) is 18.4 Å². The fraction of sp³-hybridized carbons (Fsp3) is 0.385. The molecule has 2 rings (SSSR count). The highest BCUT2D eigenvalue weighted by Crippen LogP contribution is 2.13. The Morgan fingerprint density at radius 3 is 2.78 bits per heavy atom. The summed E-state index contributed by atoms with van der Waals surface area (Å²) in [7, 11) is 1.58.